The lowest BCUT2D eigenvalue weighted by Crippen LogP contribution is -2.48. The van der Waals surface area contributed by atoms with Gasteiger partial charge in [-0.1, -0.05) is 19.9 Å². The molecule has 1 atom stereocenters. The highest BCUT2D eigenvalue weighted by atomic mass is 32.2. The number of nitrogens with one attached hydrogen (secondary N) is 1. The normalized spacial score (nSPS) is 21.1. The topological polar surface area (TPSA) is 52.7 Å². The largest absolute Gasteiger partial charge is 0.314 e. The average molecular weight is 317 g/mol. The summed E-state index contributed by atoms with van der Waals surface area (Å²) in [4.78, 5) is 0. The summed E-state index contributed by atoms with van der Waals surface area (Å²) in [6.07, 6.45) is 5.55. The minimum Gasteiger partial charge on any atom is -0.314 e. The fraction of sp³-hybridized carbons (Fsp3) is 0.867. The van der Waals surface area contributed by atoms with Crippen LogP contribution in [-0.4, -0.2) is 56.3 Å². The van der Waals surface area contributed by atoms with E-state index in [0.717, 1.165) is 32.2 Å². The van der Waals surface area contributed by atoms with Gasteiger partial charge in [-0.15, -0.1) is 6.58 Å². The van der Waals surface area contributed by atoms with E-state index >= 15 is 0 Å². The van der Waals surface area contributed by atoms with Crippen molar-refractivity contribution in [3.05, 3.63) is 12.7 Å². The SMILES string of the molecule is C=CCCCN(C)S(=O)(=O)N1CCCC(CNC(C)C)C1. The molecule has 0 bridgehead atoms. The Morgan fingerprint density at radius 1 is 1.48 bits per heavy atom. The molecule has 1 unspecified atom stereocenters. The lowest BCUT2D eigenvalue weighted by atomic mass is 9.99. The van der Waals surface area contributed by atoms with Gasteiger partial charge in [0.05, 0.1) is 0 Å². The van der Waals surface area contributed by atoms with Gasteiger partial charge in [0.25, 0.3) is 10.2 Å². The Morgan fingerprint density at radius 3 is 2.81 bits per heavy atom. The molecule has 6 heteroatoms. The molecule has 1 fully saturated rings. The molecule has 0 aliphatic carbocycles. The van der Waals surface area contributed by atoms with Crippen LogP contribution in [0.25, 0.3) is 0 Å². The molecule has 0 spiro atoms. The van der Waals surface area contributed by atoms with Crippen molar-refractivity contribution in [3.63, 3.8) is 0 Å². The van der Waals surface area contributed by atoms with Gasteiger partial charge in [-0.25, -0.2) is 0 Å². The summed E-state index contributed by atoms with van der Waals surface area (Å²) in [5.41, 5.74) is 0. The number of hydrogen-bond donors (Lipinski definition) is 1. The van der Waals surface area contributed by atoms with E-state index in [1.807, 2.05) is 6.08 Å². The van der Waals surface area contributed by atoms with E-state index in [2.05, 4.69) is 25.7 Å². The predicted octanol–water partition coefficient (Wildman–Crippen LogP) is 1.84. The van der Waals surface area contributed by atoms with Crippen LogP contribution in [0.4, 0.5) is 0 Å². The molecule has 0 amide bonds. The first-order chi connectivity index (χ1) is 9.87. The van der Waals surface area contributed by atoms with Crippen LogP contribution >= 0.6 is 0 Å². The molecule has 5 nitrogen and oxygen atoms in total. The van der Waals surface area contributed by atoms with E-state index in [4.69, 9.17) is 0 Å². The molecule has 21 heavy (non-hydrogen) atoms. The highest BCUT2D eigenvalue weighted by molar-refractivity contribution is 7.86. The molecule has 0 aromatic carbocycles. The molecule has 1 heterocycles. The second kappa shape index (κ2) is 8.88. The standard InChI is InChI=1S/C15H31N3O2S/c1-5-6-7-10-17(4)21(19,20)18-11-8-9-15(13-18)12-16-14(2)3/h5,14-16H,1,6-13H2,2-4H3. The first-order valence-corrected chi connectivity index (χ1v) is 9.33. The Balaban J connectivity index is 2.54. The minimum absolute atomic E-state index is 0.414. The van der Waals surface area contributed by atoms with Crippen LogP contribution < -0.4 is 5.32 Å². The van der Waals surface area contributed by atoms with E-state index in [0.29, 0.717) is 31.6 Å². The van der Waals surface area contributed by atoms with Crippen LogP contribution in [0.15, 0.2) is 12.7 Å². The molecule has 1 aliphatic rings. The fourth-order valence-corrected chi connectivity index (χ4v) is 4.09. The van der Waals surface area contributed by atoms with Crippen LogP contribution in [0.5, 0.6) is 0 Å². The predicted molar refractivity (Wildman–Crippen MR) is 88.4 cm³/mol. The van der Waals surface area contributed by atoms with Crippen molar-refractivity contribution < 1.29 is 8.42 Å². The number of rotatable bonds is 9. The first-order valence-electron chi connectivity index (χ1n) is 7.93. The average Bonchev–Trinajstić information content (AvgIpc) is 2.45. The van der Waals surface area contributed by atoms with Gasteiger partial charge in [0, 0.05) is 32.7 Å². The van der Waals surface area contributed by atoms with E-state index in [1.54, 1.807) is 11.4 Å². The zero-order valence-corrected chi connectivity index (χ0v) is 14.5. The smallest absolute Gasteiger partial charge is 0.281 e. The molecule has 0 aromatic heterocycles. The second-order valence-electron chi connectivity index (χ2n) is 6.19. The molecule has 1 aliphatic heterocycles. The summed E-state index contributed by atoms with van der Waals surface area (Å²) >= 11 is 0. The number of piperidine rings is 1. The molecule has 0 radical (unpaired) electrons. The molecule has 1 N–H and O–H groups in total. The van der Waals surface area contributed by atoms with E-state index in [9.17, 15) is 8.42 Å². The first kappa shape index (κ1) is 18.6. The second-order valence-corrected chi connectivity index (χ2v) is 8.22. The van der Waals surface area contributed by atoms with Crippen molar-refractivity contribution in [2.45, 2.75) is 45.6 Å². The molecule has 1 rings (SSSR count). The van der Waals surface area contributed by atoms with Gasteiger partial charge in [-0.2, -0.15) is 17.0 Å². The lowest BCUT2D eigenvalue weighted by molar-refractivity contribution is 0.243. The lowest BCUT2D eigenvalue weighted by Gasteiger charge is -2.34. The molecular weight excluding hydrogens is 286 g/mol. The highest BCUT2D eigenvalue weighted by Crippen LogP contribution is 2.20. The third kappa shape index (κ3) is 6.06. The summed E-state index contributed by atoms with van der Waals surface area (Å²) in [7, 11) is -1.63. The van der Waals surface area contributed by atoms with Gasteiger partial charge >= 0.3 is 0 Å². The molecule has 124 valence electrons. The molecule has 0 aromatic rings. The van der Waals surface area contributed by atoms with Gasteiger partial charge in [0.15, 0.2) is 0 Å². The molecule has 0 saturated carbocycles. The molecular formula is C15H31N3O2S. The Bertz CT molecular complexity index is 409. The Hall–Kier alpha value is -0.430. The van der Waals surface area contributed by atoms with Crippen LogP contribution in [0.2, 0.25) is 0 Å². The van der Waals surface area contributed by atoms with Gasteiger partial charge in [0.2, 0.25) is 0 Å². The van der Waals surface area contributed by atoms with E-state index in [-0.39, 0.29) is 0 Å². The summed E-state index contributed by atoms with van der Waals surface area (Å²) in [6, 6.07) is 0.443. The van der Waals surface area contributed by atoms with Crippen molar-refractivity contribution in [2.75, 3.05) is 33.2 Å². The summed E-state index contributed by atoms with van der Waals surface area (Å²) in [5, 5.41) is 3.41. The zero-order chi connectivity index (χ0) is 15.9. The third-order valence-corrected chi connectivity index (χ3v) is 5.85. The Morgan fingerprint density at radius 2 is 2.19 bits per heavy atom. The van der Waals surface area contributed by atoms with Gasteiger partial charge < -0.3 is 5.32 Å². The summed E-state index contributed by atoms with van der Waals surface area (Å²) in [6.45, 7) is 10.6. The number of allylic oxidation sites excluding steroid dienone is 1. The maximum Gasteiger partial charge on any atom is 0.281 e. The minimum atomic E-state index is -3.31. The number of nitrogens with zero attached hydrogens (tertiary/aromatic N) is 2. The summed E-state index contributed by atoms with van der Waals surface area (Å²) in [5.74, 6) is 0.414. The van der Waals surface area contributed by atoms with Crippen molar-refractivity contribution in [1.82, 2.24) is 13.9 Å². The van der Waals surface area contributed by atoms with Crippen molar-refractivity contribution in [2.24, 2.45) is 5.92 Å². The third-order valence-electron chi connectivity index (χ3n) is 3.90. The Kier molecular flexibility index (Phi) is 7.87. The molecule has 1 saturated heterocycles. The van der Waals surface area contributed by atoms with Crippen molar-refractivity contribution in [1.29, 1.82) is 0 Å². The highest BCUT2D eigenvalue weighted by Gasteiger charge is 2.31. The van der Waals surface area contributed by atoms with Crippen LogP contribution in [0.3, 0.4) is 0 Å². The zero-order valence-electron chi connectivity index (χ0n) is 13.7. The Labute approximate surface area is 130 Å². The van der Waals surface area contributed by atoms with Crippen LogP contribution in [0, 0.1) is 5.92 Å². The van der Waals surface area contributed by atoms with Crippen LogP contribution in [-0.2, 0) is 10.2 Å². The quantitative estimate of drug-likeness (QED) is 0.521. The number of unbranched alkanes of at least 4 members (excludes halogenated alkanes) is 1. The monoisotopic (exact) mass is 317 g/mol. The van der Waals surface area contributed by atoms with Crippen LogP contribution in [0.1, 0.15) is 39.5 Å². The van der Waals surface area contributed by atoms with E-state index < -0.39 is 10.2 Å². The summed E-state index contributed by atoms with van der Waals surface area (Å²) < 4.78 is 28.3. The van der Waals surface area contributed by atoms with Gasteiger partial charge in [-0.05, 0) is 38.1 Å². The van der Waals surface area contributed by atoms with E-state index in [1.165, 1.54) is 4.31 Å². The maximum absolute atomic E-state index is 12.6. The van der Waals surface area contributed by atoms with Gasteiger partial charge in [0.1, 0.15) is 0 Å². The maximum atomic E-state index is 12.6. The fourth-order valence-electron chi connectivity index (χ4n) is 2.58. The van der Waals surface area contributed by atoms with Gasteiger partial charge in [-0.3, -0.25) is 0 Å². The van der Waals surface area contributed by atoms with Crippen molar-refractivity contribution in [3.8, 4) is 0 Å². The van der Waals surface area contributed by atoms with Crippen molar-refractivity contribution >= 4 is 10.2 Å². The number of hydrogen-bond acceptors (Lipinski definition) is 3.